The first-order valence-electron chi connectivity index (χ1n) is 8.40. The molecule has 1 fully saturated rings. The van der Waals surface area contributed by atoms with Crippen LogP contribution in [0.3, 0.4) is 0 Å². The van der Waals surface area contributed by atoms with Crippen LogP contribution >= 0.6 is 23.2 Å². The molecule has 1 saturated heterocycles. The number of nitrogens with zero attached hydrogens (tertiary/aromatic N) is 3. The molecule has 1 aliphatic rings. The molecule has 0 aliphatic carbocycles. The Kier molecular flexibility index (Phi) is 6.29. The molecule has 0 spiro atoms. The second-order valence-electron chi connectivity index (χ2n) is 6.30. The Labute approximate surface area is 162 Å². The van der Waals surface area contributed by atoms with E-state index in [0.29, 0.717) is 34.4 Å². The summed E-state index contributed by atoms with van der Waals surface area (Å²) >= 11 is 11.9. The number of pyridine rings is 2. The van der Waals surface area contributed by atoms with Crippen LogP contribution < -0.4 is 10.1 Å². The Hall–Kier alpha value is -1.89. The highest BCUT2D eigenvalue weighted by atomic mass is 35.5. The highest BCUT2D eigenvalue weighted by molar-refractivity contribution is 6.32. The number of rotatable bonds is 6. The number of likely N-dealkylation sites (N-methyl/N-ethyl adjacent to an activating group) is 1. The molecule has 6 nitrogen and oxygen atoms in total. The average molecular weight is 395 g/mol. The molecule has 2 aromatic heterocycles. The van der Waals surface area contributed by atoms with Crippen molar-refractivity contribution in [3.05, 3.63) is 46.3 Å². The molecule has 1 amide bonds. The van der Waals surface area contributed by atoms with E-state index < -0.39 is 0 Å². The summed E-state index contributed by atoms with van der Waals surface area (Å²) < 4.78 is 5.86. The topological polar surface area (TPSA) is 67.3 Å². The normalized spacial score (nSPS) is 17.3. The molecule has 26 heavy (non-hydrogen) atoms. The summed E-state index contributed by atoms with van der Waals surface area (Å²) in [6.45, 7) is 1.64. The number of nitrogens with one attached hydrogen (secondary N) is 1. The van der Waals surface area contributed by atoms with Crippen LogP contribution in [0.25, 0.3) is 0 Å². The van der Waals surface area contributed by atoms with Crippen molar-refractivity contribution in [2.45, 2.75) is 25.3 Å². The van der Waals surface area contributed by atoms with E-state index in [-0.39, 0.29) is 12.3 Å². The van der Waals surface area contributed by atoms with Gasteiger partial charge in [-0.25, -0.2) is 9.97 Å². The third kappa shape index (κ3) is 5.06. The molecule has 138 valence electrons. The van der Waals surface area contributed by atoms with Crippen molar-refractivity contribution in [3.8, 4) is 5.75 Å². The van der Waals surface area contributed by atoms with E-state index in [2.05, 4.69) is 27.2 Å². The largest absolute Gasteiger partial charge is 0.490 e. The van der Waals surface area contributed by atoms with Gasteiger partial charge in [0.15, 0.2) is 0 Å². The van der Waals surface area contributed by atoms with E-state index >= 15 is 0 Å². The summed E-state index contributed by atoms with van der Waals surface area (Å²) in [6.07, 6.45) is 5.52. The molecule has 1 aliphatic heterocycles. The highest BCUT2D eigenvalue weighted by Crippen LogP contribution is 2.27. The lowest BCUT2D eigenvalue weighted by Crippen LogP contribution is -2.30. The molecule has 0 aromatic carbocycles. The molecule has 0 bridgehead atoms. The number of anilines is 1. The fraction of sp³-hybridized carbons (Fsp3) is 0.389. The van der Waals surface area contributed by atoms with Crippen LogP contribution in [-0.4, -0.2) is 47.0 Å². The van der Waals surface area contributed by atoms with E-state index in [9.17, 15) is 4.79 Å². The number of likely N-dealkylation sites (tertiary alicyclic amines) is 1. The molecule has 3 rings (SSSR count). The van der Waals surface area contributed by atoms with Crippen molar-refractivity contribution in [2.24, 2.45) is 0 Å². The maximum absolute atomic E-state index is 12.2. The number of carbonyl (C=O) groups excluding carboxylic acids is 1. The van der Waals surface area contributed by atoms with Crippen LogP contribution in [0.4, 0.5) is 5.82 Å². The van der Waals surface area contributed by atoms with E-state index in [1.807, 2.05) is 0 Å². The number of ether oxygens (including phenoxy) is 1. The standard InChI is InChI=1S/C18H20Cl2N4O2/c1-24-6-2-3-13(24)11-26-15-8-17(22-10-14(15)19)23-18(25)7-12-4-5-16(20)21-9-12/h4-5,8-10,13H,2-3,6-7,11H2,1H3,(H,22,23,25). The maximum Gasteiger partial charge on any atom is 0.230 e. The lowest BCUT2D eigenvalue weighted by Gasteiger charge is -2.20. The Balaban J connectivity index is 1.59. The number of carbonyl (C=O) groups is 1. The van der Waals surface area contributed by atoms with Gasteiger partial charge in [0.05, 0.1) is 12.6 Å². The maximum atomic E-state index is 12.2. The van der Waals surface area contributed by atoms with Crippen LogP contribution in [0, 0.1) is 0 Å². The lowest BCUT2D eigenvalue weighted by molar-refractivity contribution is -0.115. The fourth-order valence-electron chi connectivity index (χ4n) is 2.86. The molecule has 1 N–H and O–H groups in total. The van der Waals surface area contributed by atoms with Crippen LogP contribution in [0.2, 0.25) is 10.2 Å². The van der Waals surface area contributed by atoms with Crippen molar-refractivity contribution >= 4 is 34.9 Å². The van der Waals surface area contributed by atoms with Gasteiger partial charge in [0, 0.05) is 18.3 Å². The summed E-state index contributed by atoms with van der Waals surface area (Å²) in [5.74, 6) is 0.715. The van der Waals surface area contributed by atoms with E-state index in [1.165, 1.54) is 12.6 Å². The smallest absolute Gasteiger partial charge is 0.230 e. The van der Waals surface area contributed by atoms with Gasteiger partial charge >= 0.3 is 0 Å². The lowest BCUT2D eigenvalue weighted by atomic mass is 10.2. The number of halogens is 2. The molecular formula is C18H20Cl2N4O2. The Bertz CT molecular complexity index is 770. The molecule has 3 heterocycles. The molecular weight excluding hydrogens is 375 g/mol. The summed E-state index contributed by atoms with van der Waals surface area (Å²) in [5, 5.41) is 3.56. The minimum Gasteiger partial charge on any atom is -0.490 e. The molecule has 8 heteroatoms. The van der Waals surface area contributed by atoms with Gasteiger partial charge in [-0.05, 0) is 38.1 Å². The van der Waals surface area contributed by atoms with Crippen LogP contribution in [0.15, 0.2) is 30.6 Å². The molecule has 0 radical (unpaired) electrons. The van der Waals surface area contributed by atoms with Crippen molar-refractivity contribution in [1.82, 2.24) is 14.9 Å². The van der Waals surface area contributed by atoms with Gasteiger partial charge in [-0.1, -0.05) is 29.3 Å². The molecule has 0 saturated carbocycles. The average Bonchev–Trinajstić information content (AvgIpc) is 3.02. The van der Waals surface area contributed by atoms with Gasteiger partial charge in [-0.15, -0.1) is 0 Å². The summed E-state index contributed by atoms with van der Waals surface area (Å²) in [6, 6.07) is 5.44. The zero-order valence-corrected chi connectivity index (χ0v) is 15.9. The minimum absolute atomic E-state index is 0.178. The van der Waals surface area contributed by atoms with Gasteiger partial charge in [0.1, 0.15) is 28.3 Å². The number of hydrogen-bond donors (Lipinski definition) is 1. The molecule has 1 unspecified atom stereocenters. The Morgan fingerprint density at radius 3 is 2.88 bits per heavy atom. The van der Waals surface area contributed by atoms with Crippen molar-refractivity contribution in [2.75, 3.05) is 25.5 Å². The van der Waals surface area contributed by atoms with E-state index in [0.717, 1.165) is 18.5 Å². The summed E-state index contributed by atoms with van der Waals surface area (Å²) in [4.78, 5) is 22.6. The second kappa shape index (κ2) is 8.66. The van der Waals surface area contributed by atoms with Crippen molar-refractivity contribution in [3.63, 3.8) is 0 Å². The van der Waals surface area contributed by atoms with E-state index in [4.69, 9.17) is 27.9 Å². The molecule has 1 atom stereocenters. The Morgan fingerprint density at radius 2 is 2.19 bits per heavy atom. The van der Waals surface area contributed by atoms with Gasteiger partial charge in [-0.3, -0.25) is 4.79 Å². The molecule has 2 aromatic rings. The number of amides is 1. The second-order valence-corrected chi connectivity index (χ2v) is 7.10. The first kappa shape index (κ1) is 18.9. The Morgan fingerprint density at radius 1 is 1.35 bits per heavy atom. The van der Waals surface area contributed by atoms with E-state index in [1.54, 1.807) is 24.4 Å². The third-order valence-electron chi connectivity index (χ3n) is 4.34. The monoisotopic (exact) mass is 394 g/mol. The quantitative estimate of drug-likeness (QED) is 0.759. The van der Waals surface area contributed by atoms with Gasteiger partial charge in [0.2, 0.25) is 5.91 Å². The summed E-state index contributed by atoms with van der Waals surface area (Å²) in [7, 11) is 2.09. The summed E-state index contributed by atoms with van der Waals surface area (Å²) in [5.41, 5.74) is 0.765. The fourth-order valence-corrected chi connectivity index (χ4v) is 3.13. The van der Waals surface area contributed by atoms with Gasteiger partial charge in [0.25, 0.3) is 0 Å². The zero-order valence-electron chi connectivity index (χ0n) is 14.4. The minimum atomic E-state index is -0.203. The number of hydrogen-bond acceptors (Lipinski definition) is 5. The first-order chi connectivity index (χ1) is 12.5. The zero-order chi connectivity index (χ0) is 18.5. The van der Waals surface area contributed by atoms with Crippen molar-refractivity contribution in [1.29, 1.82) is 0 Å². The van der Waals surface area contributed by atoms with Crippen LogP contribution in [0.1, 0.15) is 18.4 Å². The highest BCUT2D eigenvalue weighted by Gasteiger charge is 2.21. The SMILES string of the molecule is CN1CCCC1COc1cc(NC(=O)Cc2ccc(Cl)nc2)ncc1Cl. The predicted octanol–water partition coefficient (Wildman–Crippen LogP) is 3.44. The van der Waals surface area contributed by atoms with Gasteiger partial charge in [-0.2, -0.15) is 0 Å². The first-order valence-corrected chi connectivity index (χ1v) is 9.16. The van der Waals surface area contributed by atoms with Crippen LogP contribution in [-0.2, 0) is 11.2 Å². The van der Waals surface area contributed by atoms with Crippen molar-refractivity contribution < 1.29 is 9.53 Å². The predicted molar refractivity (Wildman–Crippen MR) is 102 cm³/mol. The third-order valence-corrected chi connectivity index (χ3v) is 4.85. The van der Waals surface area contributed by atoms with Gasteiger partial charge < -0.3 is 15.0 Å². The number of aromatic nitrogens is 2. The van der Waals surface area contributed by atoms with Crippen LogP contribution in [0.5, 0.6) is 5.75 Å².